The lowest BCUT2D eigenvalue weighted by molar-refractivity contribution is -0.192. The number of carbonyl (C=O) groups excluding carboxylic acids is 3. The molecule has 2 fully saturated rings. The molecule has 4 aliphatic carbocycles. The van der Waals surface area contributed by atoms with Crippen LogP contribution in [0.4, 0.5) is 0 Å². The largest absolute Gasteiger partial charge is 0.461 e. The minimum Gasteiger partial charge on any atom is -0.461 e. The molecule has 0 amide bonds. The van der Waals surface area contributed by atoms with Gasteiger partial charge < -0.3 is 24.8 Å². The van der Waals surface area contributed by atoms with E-state index < -0.39 is 57.5 Å². The second-order valence-electron chi connectivity index (χ2n) is 14.8. The van der Waals surface area contributed by atoms with Crippen LogP contribution in [0.1, 0.15) is 126 Å². The number of carbonyl (C=O) groups is 3. The minimum absolute atomic E-state index is 0.182. The third kappa shape index (κ3) is 4.93. The van der Waals surface area contributed by atoms with E-state index in [0.717, 1.165) is 32.1 Å². The molecule has 0 saturated heterocycles. The maximum Gasteiger partial charge on any atom is 0.306 e. The maximum absolute atomic E-state index is 14.9. The Balaban J connectivity index is 1.70. The highest BCUT2D eigenvalue weighted by molar-refractivity contribution is 5.96. The molecular formula is C36H56O8. The van der Waals surface area contributed by atoms with E-state index in [4.69, 9.17) is 9.47 Å². The predicted molar refractivity (Wildman–Crippen MR) is 167 cm³/mol. The molecule has 5 unspecified atom stereocenters. The summed E-state index contributed by atoms with van der Waals surface area (Å²) in [6, 6.07) is 0. The topological polar surface area (TPSA) is 130 Å². The van der Waals surface area contributed by atoms with Crippen molar-refractivity contribution in [3.05, 3.63) is 23.3 Å². The molecule has 0 aliphatic heterocycles. The van der Waals surface area contributed by atoms with Gasteiger partial charge in [0.1, 0.15) is 30.0 Å². The molecule has 4 aliphatic rings. The summed E-state index contributed by atoms with van der Waals surface area (Å²) < 4.78 is 12.0. The van der Waals surface area contributed by atoms with Crippen LogP contribution in [-0.4, -0.2) is 63.1 Å². The van der Waals surface area contributed by atoms with E-state index in [1.54, 1.807) is 19.1 Å². The van der Waals surface area contributed by atoms with Crippen molar-refractivity contribution < 1.29 is 39.2 Å². The van der Waals surface area contributed by atoms with Crippen molar-refractivity contribution >= 4 is 17.7 Å². The van der Waals surface area contributed by atoms with Crippen molar-refractivity contribution in [2.24, 2.45) is 28.1 Å². The lowest BCUT2D eigenvalue weighted by Gasteiger charge is -2.48. The Morgan fingerprint density at radius 2 is 1.50 bits per heavy atom. The highest BCUT2D eigenvalue weighted by atomic mass is 16.6. The highest BCUT2D eigenvalue weighted by Gasteiger charge is 2.89. The second-order valence-corrected chi connectivity index (χ2v) is 14.8. The zero-order chi connectivity index (χ0) is 32.7. The summed E-state index contributed by atoms with van der Waals surface area (Å²) in [4.78, 5) is 40.8. The fourth-order valence-corrected chi connectivity index (χ4v) is 9.22. The van der Waals surface area contributed by atoms with Gasteiger partial charge in [0, 0.05) is 29.6 Å². The van der Waals surface area contributed by atoms with Crippen molar-refractivity contribution in [3.8, 4) is 0 Å². The lowest BCUT2D eigenvalue weighted by Crippen LogP contribution is -2.65. The number of Topliss-reactive ketones (excluding diaryl/α,β-unsaturated/α-hetero) is 1. The molecule has 2 bridgehead atoms. The lowest BCUT2D eigenvalue weighted by atomic mass is 9.58. The number of hydrogen-bond acceptors (Lipinski definition) is 8. The van der Waals surface area contributed by atoms with Gasteiger partial charge in [-0.3, -0.25) is 14.4 Å². The number of ether oxygens (including phenoxy) is 2. The standard InChI is InChI=1S/C36H56O8/c1-8-10-12-13-14-15-16-18-28(38)44-35-21-24(4)34-20-23(3)29(39)36(34,42)30(40)25(22-43-27(37)17-11-9-2)19-26(31(34)41)33(35,7)32(35,5)6/h19-20,24,26,29-30,39-40,42H,8-18,21-22H2,1-7H3/t24-,26?,29?,30?,33-,34?,35-,36?/m1/s1. The number of unbranched alkanes of at least 4 members (excludes halogenated alkanes) is 7. The van der Waals surface area contributed by atoms with Gasteiger partial charge in [0.25, 0.3) is 0 Å². The Kier molecular flexibility index (Phi) is 10.0. The van der Waals surface area contributed by atoms with Gasteiger partial charge in [-0.2, -0.15) is 0 Å². The molecule has 0 heterocycles. The van der Waals surface area contributed by atoms with Gasteiger partial charge in [-0.15, -0.1) is 0 Å². The Morgan fingerprint density at radius 1 is 0.909 bits per heavy atom. The zero-order valence-corrected chi connectivity index (χ0v) is 28.0. The van der Waals surface area contributed by atoms with E-state index in [2.05, 4.69) is 6.92 Å². The number of ketones is 1. The fourth-order valence-electron chi connectivity index (χ4n) is 9.22. The molecule has 3 N–H and O–H groups in total. The van der Waals surface area contributed by atoms with E-state index in [1.807, 2.05) is 34.6 Å². The van der Waals surface area contributed by atoms with Crippen molar-refractivity contribution in [3.63, 3.8) is 0 Å². The normalized spacial score (nSPS) is 38.5. The quantitative estimate of drug-likeness (QED) is 0.128. The van der Waals surface area contributed by atoms with Gasteiger partial charge in [-0.1, -0.05) is 98.6 Å². The van der Waals surface area contributed by atoms with Crippen molar-refractivity contribution in [2.75, 3.05) is 6.61 Å². The van der Waals surface area contributed by atoms with Gasteiger partial charge >= 0.3 is 11.9 Å². The second kappa shape index (κ2) is 12.6. The number of esters is 2. The van der Waals surface area contributed by atoms with Crippen LogP contribution in [0.25, 0.3) is 0 Å². The van der Waals surface area contributed by atoms with E-state index in [0.29, 0.717) is 24.8 Å². The molecule has 1 spiro atoms. The average Bonchev–Trinajstić information content (AvgIpc) is 3.27. The molecule has 0 aromatic carbocycles. The maximum atomic E-state index is 14.9. The number of aliphatic hydroxyl groups excluding tert-OH is 2. The minimum atomic E-state index is -2.27. The van der Waals surface area contributed by atoms with Gasteiger partial charge in [-0.25, -0.2) is 0 Å². The van der Waals surface area contributed by atoms with Crippen LogP contribution < -0.4 is 0 Å². The van der Waals surface area contributed by atoms with Crippen LogP contribution in [0, 0.1) is 28.1 Å². The fraction of sp³-hybridized carbons (Fsp3) is 0.806. The van der Waals surface area contributed by atoms with Gasteiger partial charge in [-0.05, 0) is 43.3 Å². The Labute approximate surface area is 263 Å². The summed E-state index contributed by atoms with van der Waals surface area (Å²) in [7, 11) is 0. The average molecular weight is 617 g/mol. The van der Waals surface area contributed by atoms with Crippen LogP contribution in [0.2, 0.25) is 0 Å². The number of fused-ring (bicyclic) bond motifs is 3. The molecular weight excluding hydrogens is 560 g/mol. The molecule has 8 atom stereocenters. The molecule has 4 rings (SSSR count). The number of hydrogen-bond donors (Lipinski definition) is 3. The van der Waals surface area contributed by atoms with Crippen LogP contribution in [0.15, 0.2) is 23.3 Å². The predicted octanol–water partition coefficient (Wildman–Crippen LogP) is 5.75. The Bertz CT molecular complexity index is 1190. The molecule has 8 nitrogen and oxygen atoms in total. The van der Waals surface area contributed by atoms with Crippen molar-refractivity contribution in [1.82, 2.24) is 0 Å². The summed E-state index contributed by atoms with van der Waals surface area (Å²) in [6.45, 7) is 13.3. The monoisotopic (exact) mass is 616 g/mol. The summed E-state index contributed by atoms with van der Waals surface area (Å²) in [5.41, 5.74) is -5.78. The van der Waals surface area contributed by atoms with Crippen molar-refractivity contribution in [2.45, 2.75) is 149 Å². The third-order valence-electron chi connectivity index (χ3n) is 12.3. The highest BCUT2D eigenvalue weighted by Crippen LogP contribution is 2.82. The van der Waals surface area contributed by atoms with E-state index in [9.17, 15) is 29.7 Å². The summed E-state index contributed by atoms with van der Waals surface area (Å²) in [6.07, 6.45) is 10.0. The molecule has 8 heteroatoms. The summed E-state index contributed by atoms with van der Waals surface area (Å²) in [5, 5.41) is 35.6. The van der Waals surface area contributed by atoms with Gasteiger partial charge in [0.15, 0.2) is 5.78 Å². The molecule has 44 heavy (non-hydrogen) atoms. The van der Waals surface area contributed by atoms with E-state index in [-0.39, 0.29) is 30.4 Å². The Morgan fingerprint density at radius 3 is 2.14 bits per heavy atom. The molecule has 0 aromatic heterocycles. The SMILES string of the molecule is CCCCCCCCCC(=O)O[C@@]12C[C@@H](C)C34C=C(C)C(O)C3(O)C(O)C(COC(=O)CCCC)=CC(C4=O)[C@]1(C)C2(C)C. The number of rotatable bonds is 14. The van der Waals surface area contributed by atoms with Gasteiger partial charge in [0.05, 0.1) is 5.41 Å². The number of allylic oxidation sites excluding steroid dienone is 1. The zero-order valence-electron chi connectivity index (χ0n) is 28.0. The first-order valence-electron chi connectivity index (χ1n) is 17.0. The summed E-state index contributed by atoms with van der Waals surface area (Å²) >= 11 is 0. The first-order chi connectivity index (χ1) is 20.6. The third-order valence-corrected chi connectivity index (χ3v) is 12.3. The van der Waals surface area contributed by atoms with Crippen LogP contribution in [0.5, 0.6) is 0 Å². The smallest absolute Gasteiger partial charge is 0.306 e. The number of aliphatic hydroxyl groups is 3. The van der Waals surface area contributed by atoms with Crippen LogP contribution >= 0.6 is 0 Å². The first-order valence-corrected chi connectivity index (χ1v) is 17.0. The van der Waals surface area contributed by atoms with E-state index in [1.165, 1.54) is 19.3 Å². The molecule has 0 radical (unpaired) electrons. The van der Waals surface area contributed by atoms with E-state index >= 15 is 0 Å². The molecule has 0 aromatic rings. The van der Waals surface area contributed by atoms with Gasteiger partial charge in [0.2, 0.25) is 0 Å². The summed E-state index contributed by atoms with van der Waals surface area (Å²) in [5.74, 6) is -2.48. The molecule has 248 valence electrons. The van der Waals surface area contributed by atoms with Crippen molar-refractivity contribution in [1.29, 1.82) is 0 Å². The van der Waals surface area contributed by atoms with Crippen LogP contribution in [-0.2, 0) is 23.9 Å². The first kappa shape index (κ1) is 34.8. The van der Waals surface area contributed by atoms with Crippen LogP contribution in [0.3, 0.4) is 0 Å². The molecule has 2 saturated carbocycles. The Hall–Kier alpha value is -2.03.